The molecular formula is C47H38Br2ClN5O6S. The minimum atomic E-state index is -1.36. The molecule has 4 heterocycles. The van der Waals surface area contributed by atoms with Crippen LogP contribution in [0.2, 0.25) is 5.02 Å². The maximum Gasteiger partial charge on any atom is 0.242 e. The van der Waals surface area contributed by atoms with E-state index in [0.29, 0.717) is 36.7 Å². The molecule has 6 aromatic rings. The summed E-state index contributed by atoms with van der Waals surface area (Å²) in [6.45, 7) is 3.83. The van der Waals surface area contributed by atoms with Crippen LogP contribution in [0, 0.1) is 36.0 Å². The molecule has 11 nitrogen and oxygen atoms in total. The molecule has 314 valence electrons. The van der Waals surface area contributed by atoms with Gasteiger partial charge in [0.1, 0.15) is 11.5 Å². The number of fused-ring (bicyclic) bond motifs is 5. The minimum Gasteiger partial charge on any atom is -0.503 e. The number of thiophene rings is 1. The molecule has 6 atom stereocenters. The highest BCUT2D eigenvalue weighted by Gasteiger charge is 2.68. The van der Waals surface area contributed by atoms with Gasteiger partial charge in [-0.05, 0) is 142 Å². The highest BCUT2D eigenvalue weighted by molar-refractivity contribution is 9.13. The molecule has 6 unspecified atom stereocenters. The summed E-state index contributed by atoms with van der Waals surface area (Å²) in [6.07, 6.45) is 2.44. The first-order valence-corrected chi connectivity index (χ1v) is 22.9. The average Bonchev–Trinajstić information content (AvgIpc) is 3.94. The van der Waals surface area contributed by atoms with Crippen molar-refractivity contribution in [2.45, 2.75) is 32.6 Å². The van der Waals surface area contributed by atoms with Crippen LogP contribution in [-0.4, -0.2) is 45.6 Å². The maximum absolute atomic E-state index is 15.4. The van der Waals surface area contributed by atoms with Crippen molar-refractivity contribution in [2.24, 2.45) is 36.1 Å². The Morgan fingerprint density at radius 3 is 2.35 bits per heavy atom. The number of para-hydroxylation sites is 1. The minimum absolute atomic E-state index is 0.135. The summed E-state index contributed by atoms with van der Waals surface area (Å²) in [7, 11) is 3.16. The largest absolute Gasteiger partial charge is 0.503 e. The smallest absolute Gasteiger partial charge is 0.242 e. The number of phenolic OH excluding ortho intramolecular Hbond substituents is 1. The Balaban J connectivity index is 1.06. The van der Waals surface area contributed by atoms with Gasteiger partial charge in [-0.2, -0.15) is 5.10 Å². The molecule has 15 heteroatoms. The Morgan fingerprint density at radius 2 is 1.63 bits per heavy atom. The van der Waals surface area contributed by atoms with Gasteiger partial charge in [0.05, 0.1) is 45.3 Å². The maximum atomic E-state index is 15.4. The van der Waals surface area contributed by atoms with Crippen LogP contribution in [0.25, 0.3) is 20.7 Å². The Kier molecular flexibility index (Phi) is 9.82. The predicted molar refractivity (Wildman–Crippen MR) is 247 cm³/mol. The first kappa shape index (κ1) is 40.8. The van der Waals surface area contributed by atoms with Gasteiger partial charge in [-0.25, -0.2) is 4.90 Å². The number of aromatic hydroxyl groups is 1. The number of phenols is 1. The Morgan fingerprint density at radius 1 is 0.903 bits per heavy atom. The van der Waals surface area contributed by atoms with Crippen LogP contribution < -0.4 is 19.9 Å². The molecule has 2 aliphatic heterocycles. The number of carbonyl (C=O) groups is 4. The van der Waals surface area contributed by atoms with Crippen LogP contribution in [0.4, 0.5) is 22.9 Å². The second-order valence-corrected chi connectivity index (χ2v) is 19.6. The number of hydrogen-bond donors (Lipinski definition) is 2. The molecule has 10 rings (SSSR count). The highest BCUT2D eigenvalue weighted by Crippen LogP contribution is 2.65. The normalized spacial score (nSPS) is 24.4. The molecule has 4 aliphatic rings. The number of methoxy groups -OCH3 is 1. The SMILES string of the molecule is COc1cc(C2C3=CCC4C(=O)N(c5ccc(Nc6ccccc6)cc5)C(=O)C4C3CC3C(=O)N(c4cc(-c5sc6ccc(Cl)cc6c5C)nn4C)C(=O)C32C)c(Br)c(Br)c1O. The van der Waals surface area contributed by atoms with Crippen molar-refractivity contribution < 1.29 is 29.0 Å². The van der Waals surface area contributed by atoms with Crippen molar-refractivity contribution in [3.63, 3.8) is 0 Å². The van der Waals surface area contributed by atoms with Crippen molar-refractivity contribution in [1.29, 1.82) is 0 Å². The number of rotatable bonds is 7. The fourth-order valence-corrected chi connectivity index (χ4v) is 12.7. The molecule has 1 saturated carbocycles. The number of aryl methyl sites for hydroxylation is 2. The second-order valence-electron chi connectivity index (χ2n) is 16.6. The summed E-state index contributed by atoms with van der Waals surface area (Å²) in [6, 6.07) is 26.1. The van der Waals surface area contributed by atoms with Crippen molar-refractivity contribution in [3.05, 3.63) is 122 Å². The number of amides is 4. The lowest BCUT2D eigenvalue weighted by molar-refractivity contribution is -0.131. The van der Waals surface area contributed by atoms with Crippen molar-refractivity contribution in [2.75, 3.05) is 22.2 Å². The number of benzene rings is 4. The van der Waals surface area contributed by atoms with Crippen molar-refractivity contribution in [1.82, 2.24) is 9.78 Å². The standard InChI is InChI=1S/C47H38Br2ClN5O6S/c1-22-29-18-23(50)10-17-35(29)62-42(22)33-21-36(53(3)52-33)55-44(58)32-19-30-27(38(47(32,2)46(55)60)31-20-34(61-4)41(56)40(49)39(31)48)15-16-28-37(30)45(59)54(43(28)57)26-13-11-25(12-14-26)51-24-8-6-5-7-9-24/h5-15,17-18,20-21,28,30,32,37-38,51,56H,16,19H2,1-4H3. The second kappa shape index (κ2) is 14.9. The monoisotopic (exact) mass is 993 g/mol. The summed E-state index contributed by atoms with van der Waals surface area (Å²) in [4.78, 5) is 63.1. The number of halogens is 3. The Hall–Kier alpha value is -5.28. The number of allylic oxidation sites excluding steroid dienone is 2. The van der Waals surface area contributed by atoms with Crippen LogP contribution >= 0.6 is 54.8 Å². The fourth-order valence-electron chi connectivity index (χ4n) is 10.4. The van der Waals surface area contributed by atoms with Gasteiger partial charge in [-0.3, -0.25) is 28.8 Å². The molecule has 2 aromatic heterocycles. The molecule has 2 N–H and O–H groups in total. The average molecular weight is 996 g/mol. The van der Waals surface area contributed by atoms with E-state index in [-0.39, 0.29) is 36.2 Å². The summed E-state index contributed by atoms with van der Waals surface area (Å²) < 4.78 is 9.02. The Bertz CT molecular complexity index is 2950. The molecule has 0 spiro atoms. The third kappa shape index (κ3) is 5.96. The lowest BCUT2D eigenvalue weighted by Crippen LogP contribution is -2.49. The van der Waals surface area contributed by atoms with Gasteiger partial charge < -0.3 is 15.2 Å². The van der Waals surface area contributed by atoms with Gasteiger partial charge >= 0.3 is 0 Å². The molecule has 0 bridgehead atoms. The number of nitrogens with zero attached hydrogens (tertiary/aromatic N) is 4. The predicted octanol–water partition coefficient (Wildman–Crippen LogP) is 10.7. The fraction of sp³-hybridized carbons (Fsp3) is 0.255. The first-order valence-electron chi connectivity index (χ1n) is 20.1. The van der Waals surface area contributed by atoms with E-state index in [2.05, 4.69) is 37.2 Å². The van der Waals surface area contributed by atoms with Crippen LogP contribution in [-0.2, 0) is 26.2 Å². The van der Waals surface area contributed by atoms with Crippen molar-refractivity contribution in [3.8, 4) is 22.1 Å². The molecule has 4 aromatic carbocycles. The number of hydrogen-bond acceptors (Lipinski definition) is 9. The number of imide groups is 2. The van der Waals surface area contributed by atoms with E-state index in [0.717, 1.165) is 37.5 Å². The van der Waals surface area contributed by atoms with Crippen LogP contribution in [0.1, 0.15) is 36.8 Å². The van der Waals surface area contributed by atoms with Gasteiger partial charge in [-0.1, -0.05) is 41.4 Å². The number of ether oxygens (including phenoxy) is 1. The van der Waals surface area contributed by atoms with Crippen LogP contribution in [0.15, 0.2) is 106 Å². The number of nitrogens with one attached hydrogen (secondary N) is 1. The molecule has 2 aliphatic carbocycles. The Labute approximate surface area is 382 Å². The summed E-state index contributed by atoms with van der Waals surface area (Å²) in [5, 5.41) is 20.8. The van der Waals surface area contributed by atoms with E-state index in [1.54, 1.807) is 47.3 Å². The number of carbonyl (C=O) groups excluding carboxylic acids is 4. The van der Waals surface area contributed by atoms with Gasteiger partial charge in [-0.15, -0.1) is 11.3 Å². The molecular weight excluding hydrogens is 958 g/mol. The number of anilines is 4. The summed E-state index contributed by atoms with van der Waals surface area (Å²) in [5.74, 6) is -4.75. The van der Waals surface area contributed by atoms with Gasteiger partial charge in [0.25, 0.3) is 0 Å². The summed E-state index contributed by atoms with van der Waals surface area (Å²) >= 11 is 15.2. The quantitative estimate of drug-likeness (QED) is 0.119. The number of aromatic nitrogens is 2. The van der Waals surface area contributed by atoms with Gasteiger partial charge in [0.2, 0.25) is 23.6 Å². The molecule has 0 radical (unpaired) electrons. The zero-order valence-corrected chi connectivity index (χ0v) is 38.5. The van der Waals surface area contributed by atoms with E-state index in [1.165, 1.54) is 16.9 Å². The van der Waals surface area contributed by atoms with Gasteiger partial charge in [0, 0.05) is 44.6 Å². The highest BCUT2D eigenvalue weighted by atomic mass is 79.9. The lowest BCUT2D eigenvalue weighted by Gasteiger charge is -2.49. The third-order valence-corrected chi connectivity index (χ3v) is 17.1. The van der Waals surface area contributed by atoms with E-state index in [9.17, 15) is 14.7 Å². The van der Waals surface area contributed by atoms with Crippen molar-refractivity contribution >= 4 is 111 Å². The zero-order chi connectivity index (χ0) is 43.5. The summed E-state index contributed by atoms with van der Waals surface area (Å²) in [5.41, 5.74) is 3.80. The zero-order valence-electron chi connectivity index (χ0n) is 33.8. The molecule has 4 amide bonds. The third-order valence-electron chi connectivity index (χ3n) is 13.4. The van der Waals surface area contributed by atoms with E-state index in [4.69, 9.17) is 21.4 Å². The van der Waals surface area contributed by atoms with E-state index >= 15 is 9.59 Å². The van der Waals surface area contributed by atoms with E-state index < -0.39 is 46.8 Å². The molecule has 62 heavy (non-hydrogen) atoms. The first-order chi connectivity index (χ1) is 29.7. The van der Waals surface area contributed by atoms with E-state index in [1.807, 2.05) is 80.6 Å². The molecule has 2 saturated heterocycles. The lowest BCUT2D eigenvalue weighted by atomic mass is 9.51. The van der Waals surface area contributed by atoms with Crippen LogP contribution in [0.5, 0.6) is 11.5 Å². The van der Waals surface area contributed by atoms with Gasteiger partial charge in [0.15, 0.2) is 11.5 Å². The topological polar surface area (TPSA) is 134 Å². The van der Waals surface area contributed by atoms with Crippen LogP contribution in [0.3, 0.4) is 0 Å². The molecule has 3 fully saturated rings.